The summed E-state index contributed by atoms with van der Waals surface area (Å²) in [5.41, 5.74) is 0.615. The van der Waals surface area contributed by atoms with Crippen LogP contribution < -0.4 is 0 Å². The summed E-state index contributed by atoms with van der Waals surface area (Å²) in [5.74, 6) is 0.109. The molecule has 1 aromatic carbocycles. The van der Waals surface area contributed by atoms with Gasteiger partial charge in [-0.1, -0.05) is 29.3 Å². The predicted molar refractivity (Wildman–Crippen MR) is 70.9 cm³/mol. The Morgan fingerprint density at radius 1 is 1.24 bits per heavy atom. The molecule has 1 heterocycles. The lowest BCUT2D eigenvalue weighted by atomic mass is 10.1. The van der Waals surface area contributed by atoms with Crippen molar-refractivity contribution in [1.29, 1.82) is 0 Å². The highest BCUT2D eigenvalue weighted by Gasteiger charge is 2.17. The highest BCUT2D eigenvalue weighted by atomic mass is 79.9. The standard InChI is InChI=1S/C12H7BrCl2O2/c13-8-4-5-17-12(8)11(16)6-7-9(14)2-1-3-10(7)15/h1-5H,6H2. The lowest BCUT2D eigenvalue weighted by Gasteiger charge is -2.04. The van der Waals surface area contributed by atoms with Crippen LogP contribution in [-0.2, 0) is 6.42 Å². The van der Waals surface area contributed by atoms with Crippen LogP contribution >= 0.6 is 39.1 Å². The van der Waals surface area contributed by atoms with Gasteiger partial charge in [-0.05, 0) is 39.7 Å². The molecule has 0 atom stereocenters. The lowest BCUT2D eigenvalue weighted by Crippen LogP contribution is -2.04. The normalized spacial score (nSPS) is 10.5. The number of rotatable bonds is 3. The molecule has 0 bridgehead atoms. The van der Waals surface area contributed by atoms with Crippen LogP contribution in [0.2, 0.25) is 10.0 Å². The molecule has 5 heteroatoms. The maximum atomic E-state index is 12.0. The van der Waals surface area contributed by atoms with Crippen molar-refractivity contribution in [2.24, 2.45) is 0 Å². The number of hydrogen-bond acceptors (Lipinski definition) is 2. The van der Waals surface area contributed by atoms with E-state index < -0.39 is 0 Å². The number of benzene rings is 1. The summed E-state index contributed by atoms with van der Waals surface area (Å²) in [4.78, 5) is 12.0. The second-order valence-corrected chi connectivity index (χ2v) is 5.07. The van der Waals surface area contributed by atoms with Crippen LogP contribution in [0.15, 0.2) is 39.4 Å². The van der Waals surface area contributed by atoms with Crippen LogP contribution in [-0.4, -0.2) is 5.78 Å². The number of ketones is 1. The Balaban J connectivity index is 2.28. The topological polar surface area (TPSA) is 30.2 Å². The Morgan fingerprint density at radius 2 is 1.88 bits per heavy atom. The Kier molecular flexibility index (Phi) is 3.92. The second kappa shape index (κ2) is 5.25. The van der Waals surface area contributed by atoms with Crippen molar-refractivity contribution in [1.82, 2.24) is 0 Å². The van der Waals surface area contributed by atoms with E-state index in [0.717, 1.165) is 0 Å². The first-order chi connectivity index (χ1) is 8.09. The summed E-state index contributed by atoms with van der Waals surface area (Å²) in [5, 5.41) is 0.960. The van der Waals surface area contributed by atoms with Gasteiger partial charge >= 0.3 is 0 Å². The number of furan rings is 1. The number of carbonyl (C=O) groups excluding carboxylic acids is 1. The molecule has 2 rings (SSSR count). The van der Waals surface area contributed by atoms with Gasteiger partial charge in [-0.25, -0.2) is 0 Å². The van der Waals surface area contributed by atoms with E-state index in [1.807, 2.05) is 0 Å². The molecule has 0 fully saturated rings. The molecule has 0 N–H and O–H groups in total. The zero-order chi connectivity index (χ0) is 12.4. The summed E-state index contributed by atoms with van der Waals surface area (Å²) in [6.07, 6.45) is 1.57. The third-order valence-electron chi connectivity index (χ3n) is 2.27. The first-order valence-corrected chi connectivity index (χ1v) is 6.33. The van der Waals surface area contributed by atoms with Crippen molar-refractivity contribution >= 4 is 44.9 Å². The van der Waals surface area contributed by atoms with Gasteiger partial charge in [-0.15, -0.1) is 0 Å². The summed E-state index contributed by atoms with van der Waals surface area (Å²) < 4.78 is 5.73. The Morgan fingerprint density at radius 3 is 2.41 bits per heavy atom. The smallest absolute Gasteiger partial charge is 0.203 e. The summed E-state index contributed by atoms with van der Waals surface area (Å²) in [6, 6.07) is 6.81. The molecule has 88 valence electrons. The lowest BCUT2D eigenvalue weighted by molar-refractivity contribution is 0.0965. The SMILES string of the molecule is O=C(Cc1c(Cl)cccc1Cl)c1occc1Br. The first-order valence-electron chi connectivity index (χ1n) is 4.78. The molecule has 0 saturated carbocycles. The Hall–Kier alpha value is -0.770. The van der Waals surface area contributed by atoms with E-state index in [0.29, 0.717) is 20.1 Å². The maximum absolute atomic E-state index is 12.0. The molecule has 0 amide bonds. The van der Waals surface area contributed by atoms with Crippen LogP contribution in [0.4, 0.5) is 0 Å². The molecular weight excluding hydrogens is 327 g/mol. The van der Waals surface area contributed by atoms with Crippen molar-refractivity contribution in [2.45, 2.75) is 6.42 Å². The van der Waals surface area contributed by atoms with Crippen molar-refractivity contribution in [3.63, 3.8) is 0 Å². The Bertz CT molecular complexity index is 543. The second-order valence-electron chi connectivity index (χ2n) is 3.40. The van der Waals surface area contributed by atoms with Crippen LogP contribution in [0.25, 0.3) is 0 Å². The predicted octanol–water partition coefficient (Wildman–Crippen LogP) is 4.77. The van der Waals surface area contributed by atoms with Crippen LogP contribution in [0.5, 0.6) is 0 Å². The fraction of sp³-hybridized carbons (Fsp3) is 0.0833. The van der Waals surface area contributed by atoms with Gasteiger partial charge in [0.25, 0.3) is 0 Å². The summed E-state index contributed by atoms with van der Waals surface area (Å²) >= 11 is 15.2. The fourth-order valence-electron chi connectivity index (χ4n) is 1.43. The summed E-state index contributed by atoms with van der Waals surface area (Å²) in [7, 11) is 0. The Labute approximate surface area is 117 Å². The molecule has 0 unspecified atom stereocenters. The van der Waals surface area contributed by atoms with Gasteiger partial charge in [-0.3, -0.25) is 4.79 Å². The van der Waals surface area contributed by atoms with Crippen LogP contribution in [0.1, 0.15) is 16.1 Å². The average Bonchev–Trinajstić information content (AvgIpc) is 2.70. The number of carbonyl (C=O) groups is 1. The zero-order valence-corrected chi connectivity index (χ0v) is 11.6. The third kappa shape index (κ3) is 2.73. The molecule has 2 aromatic rings. The zero-order valence-electron chi connectivity index (χ0n) is 8.54. The molecule has 0 aliphatic heterocycles. The third-order valence-corrected chi connectivity index (χ3v) is 3.60. The number of Topliss-reactive ketones (excluding diaryl/α,β-unsaturated/α-hetero) is 1. The van der Waals surface area contributed by atoms with Crippen LogP contribution in [0, 0.1) is 0 Å². The maximum Gasteiger partial charge on any atom is 0.203 e. The van der Waals surface area contributed by atoms with Gasteiger partial charge in [0.05, 0.1) is 10.7 Å². The highest BCUT2D eigenvalue weighted by molar-refractivity contribution is 9.10. The van der Waals surface area contributed by atoms with Crippen LogP contribution in [0.3, 0.4) is 0 Å². The van der Waals surface area contributed by atoms with E-state index in [4.69, 9.17) is 27.6 Å². The summed E-state index contributed by atoms with van der Waals surface area (Å²) in [6.45, 7) is 0. The van der Waals surface area contributed by atoms with Crippen molar-refractivity contribution in [2.75, 3.05) is 0 Å². The number of hydrogen-bond donors (Lipinski definition) is 0. The molecular formula is C12H7BrCl2O2. The van der Waals surface area contributed by atoms with Crippen molar-refractivity contribution in [3.05, 3.63) is 56.4 Å². The van der Waals surface area contributed by atoms with E-state index in [9.17, 15) is 4.79 Å². The van der Waals surface area contributed by atoms with Gasteiger partial charge in [0.15, 0.2) is 5.76 Å². The van der Waals surface area contributed by atoms with Gasteiger partial charge in [0, 0.05) is 16.5 Å². The van der Waals surface area contributed by atoms with E-state index in [2.05, 4.69) is 15.9 Å². The number of halogens is 3. The quantitative estimate of drug-likeness (QED) is 0.757. The van der Waals surface area contributed by atoms with Gasteiger partial charge in [0.2, 0.25) is 5.78 Å². The minimum absolute atomic E-state index is 0.116. The molecule has 17 heavy (non-hydrogen) atoms. The largest absolute Gasteiger partial charge is 0.460 e. The van der Waals surface area contributed by atoms with E-state index >= 15 is 0 Å². The van der Waals surface area contributed by atoms with Gasteiger partial charge < -0.3 is 4.42 Å². The van der Waals surface area contributed by atoms with Gasteiger partial charge in [0.1, 0.15) is 0 Å². The molecule has 2 nitrogen and oxygen atoms in total. The van der Waals surface area contributed by atoms with E-state index in [1.165, 1.54) is 6.26 Å². The average molecular weight is 334 g/mol. The monoisotopic (exact) mass is 332 g/mol. The molecule has 0 aliphatic rings. The van der Waals surface area contributed by atoms with Gasteiger partial charge in [-0.2, -0.15) is 0 Å². The molecule has 0 spiro atoms. The molecule has 0 saturated heterocycles. The molecule has 1 aromatic heterocycles. The minimum atomic E-state index is -0.170. The van der Waals surface area contributed by atoms with Crippen molar-refractivity contribution in [3.8, 4) is 0 Å². The highest BCUT2D eigenvalue weighted by Crippen LogP contribution is 2.27. The van der Waals surface area contributed by atoms with E-state index in [1.54, 1.807) is 24.3 Å². The molecule has 0 radical (unpaired) electrons. The van der Waals surface area contributed by atoms with E-state index in [-0.39, 0.29) is 18.0 Å². The fourth-order valence-corrected chi connectivity index (χ4v) is 2.39. The van der Waals surface area contributed by atoms with Crippen molar-refractivity contribution < 1.29 is 9.21 Å². The molecule has 0 aliphatic carbocycles. The minimum Gasteiger partial charge on any atom is -0.460 e. The first kappa shape index (κ1) is 12.7.